The zero-order valence-electron chi connectivity index (χ0n) is 16.6. The first-order valence-electron chi connectivity index (χ1n) is 10.2. The highest BCUT2D eigenvalue weighted by atomic mass is 35.5. The van der Waals surface area contributed by atoms with Crippen LogP contribution in [0.4, 0.5) is 4.39 Å². The number of ether oxygens (including phenoxy) is 2. The second-order valence-electron chi connectivity index (χ2n) is 7.52. The Kier molecular flexibility index (Phi) is 7.99. The van der Waals surface area contributed by atoms with Crippen molar-refractivity contribution in [3.63, 3.8) is 0 Å². The first kappa shape index (κ1) is 20.9. The molecule has 2 N–H and O–H groups in total. The van der Waals surface area contributed by atoms with Crippen LogP contribution in [0.1, 0.15) is 56.1 Å². The normalized spacial score (nSPS) is 15.7. The van der Waals surface area contributed by atoms with Gasteiger partial charge in [-0.15, -0.1) is 0 Å². The maximum absolute atomic E-state index is 13.9. The van der Waals surface area contributed by atoms with E-state index in [9.17, 15) is 4.39 Å². The maximum Gasteiger partial charge on any atom is 0.161 e. The predicted octanol–water partition coefficient (Wildman–Crippen LogP) is 5.24. The van der Waals surface area contributed by atoms with Crippen molar-refractivity contribution in [3.8, 4) is 11.5 Å². The van der Waals surface area contributed by atoms with E-state index in [0.717, 1.165) is 6.54 Å². The molecule has 0 aliphatic heterocycles. The zero-order valence-corrected chi connectivity index (χ0v) is 17.3. The summed E-state index contributed by atoms with van der Waals surface area (Å²) in [4.78, 5) is 0. The lowest BCUT2D eigenvalue weighted by Gasteiger charge is -2.18. The van der Waals surface area contributed by atoms with E-state index in [1.165, 1.54) is 56.6 Å². The summed E-state index contributed by atoms with van der Waals surface area (Å²) in [5.41, 5.74) is 1.56. The number of methoxy groups -OCH3 is 1. The summed E-state index contributed by atoms with van der Waals surface area (Å²) in [6, 6.07) is 11.3. The minimum atomic E-state index is -0.364. The lowest BCUT2D eigenvalue weighted by molar-refractivity contribution is -0.706. The second kappa shape index (κ2) is 10.7. The third-order valence-electron chi connectivity index (χ3n) is 5.50. The Morgan fingerprint density at radius 2 is 1.79 bits per heavy atom. The van der Waals surface area contributed by atoms with E-state index in [-0.39, 0.29) is 12.4 Å². The fourth-order valence-electron chi connectivity index (χ4n) is 3.80. The molecule has 0 heterocycles. The van der Waals surface area contributed by atoms with Gasteiger partial charge >= 0.3 is 0 Å². The molecule has 2 aromatic rings. The van der Waals surface area contributed by atoms with Gasteiger partial charge in [0, 0.05) is 11.1 Å². The Labute approximate surface area is 172 Å². The van der Waals surface area contributed by atoms with Crippen molar-refractivity contribution in [3.05, 3.63) is 58.4 Å². The van der Waals surface area contributed by atoms with Crippen LogP contribution in [0.2, 0.25) is 5.02 Å². The van der Waals surface area contributed by atoms with Crippen molar-refractivity contribution in [2.24, 2.45) is 0 Å². The minimum absolute atomic E-state index is 0.0649. The van der Waals surface area contributed by atoms with Crippen LogP contribution in [0.5, 0.6) is 11.5 Å². The van der Waals surface area contributed by atoms with Gasteiger partial charge in [-0.3, -0.25) is 0 Å². The molecule has 0 unspecified atom stereocenters. The molecule has 0 amide bonds. The zero-order chi connectivity index (χ0) is 19.8. The number of hydrogen-bond acceptors (Lipinski definition) is 2. The smallest absolute Gasteiger partial charge is 0.161 e. The first-order valence-corrected chi connectivity index (χ1v) is 10.6. The second-order valence-corrected chi connectivity index (χ2v) is 7.93. The molecule has 0 atom stereocenters. The topological polar surface area (TPSA) is 35.1 Å². The largest absolute Gasteiger partial charge is 0.493 e. The highest BCUT2D eigenvalue weighted by Crippen LogP contribution is 2.30. The van der Waals surface area contributed by atoms with E-state index in [2.05, 4.69) is 11.4 Å². The molecule has 0 saturated heterocycles. The van der Waals surface area contributed by atoms with E-state index in [0.29, 0.717) is 28.1 Å². The Morgan fingerprint density at radius 1 is 1.04 bits per heavy atom. The first-order chi connectivity index (χ1) is 13.7. The quantitative estimate of drug-likeness (QED) is 0.682. The van der Waals surface area contributed by atoms with Crippen molar-refractivity contribution in [2.45, 2.75) is 64.1 Å². The predicted molar refractivity (Wildman–Crippen MR) is 110 cm³/mol. The van der Waals surface area contributed by atoms with Crippen molar-refractivity contribution in [2.75, 3.05) is 7.11 Å². The molecular weight excluding hydrogens is 377 g/mol. The summed E-state index contributed by atoms with van der Waals surface area (Å²) in [5, 5.41) is 2.82. The molecule has 0 radical (unpaired) electrons. The van der Waals surface area contributed by atoms with Crippen LogP contribution in [0, 0.1) is 5.82 Å². The van der Waals surface area contributed by atoms with Crippen LogP contribution in [-0.4, -0.2) is 13.2 Å². The van der Waals surface area contributed by atoms with Crippen LogP contribution in [0.25, 0.3) is 0 Å². The van der Waals surface area contributed by atoms with E-state index >= 15 is 0 Å². The van der Waals surface area contributed by atoms with Gasteiger partial charge in [-0.25, -0.2) is 4.39 Å². The molecule has 0 aromatic heterocycles. The molecule has 3 nitrogen and oxygen atoms in total. The number of nitrogens with two attached hydrogens (primary N) is 1. The number of quaternary nitrogens is 1. The van der Waals surface area contributed by atoms with Gasteiger partial charge in [0.2, 0.25) is 0 Å². The van der Waals surface area contributed by atoms with Gasteiger partial charge in [0.1, 0.15) is 19.0 Å². The third-order valence-corrected chi connectivity index (χ3v) is 5.85. The maximum atomic E-state index is 13.9. The number of rotatable bonds is 7. The van der Waals surface area contributed by atoms with Crippen molar-refractivity contribution in [1.29, 1.82) is 0 Å². The van der Waals surface area contributed by atoms with Gasteiger partial charge < -0.3 is 14.8 Å². The number of benzene rings is 2. The monoisotopic (exact) mass is 406 g/mol. The Morgan fingerprint density at radius 3 is 2.50 bits per heavy atom. The van der Waals surface area contributed by atoms with Crippen LogP contribution in [-0.2, 0) is 13.2 Å². The molecule has 3 rings (SSSR count). The van der Waals surface area contributed by atoms with Crippen LogP contribution >= 0.6 is 11.6 Å². The third kappa shape index (κ3) is 5.86. The summed E-state index contributed by atoms with van der Waals surface area (Å²) in [6.45, 7) is 0.996. The Hall–Kier alpha value is -1.78. The van der Waals surface area contributed by atoms with Crippen molar-refractivity contribution < 1.29 is 19.2 Å². The summed E-state index contributed by atoms with van der Waals surface area (Å²) in [6.07, 6.45) is 9.44. The molecule has 1 fully saturated rings. The van der Waals surface area contributed by atoms with E-state index < -0.39 is 0 Å². The molecular formula is C23H30ClFNO2+. The van der Waals surface area contributed by atoms with Gasteiger partial charge in [0.05, 0.1) is 18.2 Å². The van der Waals surface area contributed by atoms with Crippen LogP contribution in [0.15, 0.2) is 36.4 Å². The average molecular weight is 407 g/mol. The molecule has 1 aliphatic carbocycles. The van der Waals surface area contributed by atoms with Gasteiger partial charge in [-0.05, 0) is 56.0 Å². The molecule has 1 aliphatic rings. The highest BCUT2D eigenvalue weighted by Gasteiger charge is 2.15. The fourth-order valence-corrected chi connectivity index (χ4v) is 4.02. The molecule has 5 heteroatoms. The Balaban J connectivity index is 1.60. The number of hydrogen-bond donors (Lipinski definition) is 1. The minimum Gasteiger partial charge on any atom is -0.493 e. The SMILES string of the molecule is COc1cc(C[NH2+]C2CCCCCCC2)ccc1OCc1c(F)cccc1Cl. The van der Waals surface area contributed by atoms with Gasteiger partial charge in [0.25, 0.3) is 0 Å². The molecule has 152 valence electrons. The lowest BCUT2D eigenvalue weighted by Crippen LogP contribution is -2.88. The van der Waals surface area contributed by atoms with E-state index in [1.807, 2.05) is 12.1 Å². The van der Waals surface area contributed by atoms with E-state index in [4.69, 9.17) is 21.1 Å². The summed E-state index contributed by atoms with van der Waals surface area (Å²) in [5.74, 6) is 0.893. The van der Waals surface area contributed by atoms with Gasteiger partial charge in [-0.1, -0.05) is 36.9 Å². The summed E-state index contributed by atoms with van der Waals surface area (Å²) < 4.78 is 25.2. The van der Waals surface area contributed by atoms with Gasteiger partial charge in [0.15, 0.2) is 11.5 Å². The standard InChI is InChI=1S/C23H29ClFNO2/c1-27-23-14-17(15-26-18-8-5-3-2-4-6-9-18)12-13-22(23)28-16-19-20(24)10-7-11-21(19)25/h7,10-14,18,26H,2-6,8-9,15-16H2,1H3/p+1. The van der Waals surface area contributed by atoms with E-state index in [1.54, 1.807) is 19.2 Å². The van der Waals surface area contributed by atoms with Crippen molar-refractivity contribution >= 4 is 11.6 Å². The average Bonchev–Trinajstić information content (AvgIpc) is 2.67. The lowest BCUT2D eigenvalue weighted by atomic mass is 9.96. The van der Waals surface area contributed by atoms with Gasteiger partial charge in [-0.2, -0.15) is 0 Å². The highest BCUT2D eigenvalue weighted by molar-refractivity contribution is 6.31. The number of halogens is 2. The molecule has 1 saturated carbocycles. The molecule has 0 spiro atoms. The van der Waals surface area contributed by atoms with Crippen molar-refractivity contribution in [1.82, 2.24) is 0 Å². The van der Waals surface area contributed by atoms with Crippen LogP contribution in [0.3, 0.4) is 0 Å². The molecule has 0 bridgehead atoms. The fraction of sp³-hybridized carbons (Fsp3) is 0.478. The van der Waals surface area contributed by atoms with Crippen LogP contribution < -0.4 is 14.8 Å². The Bertz CT molecular complexity index is 740. The molecule has 2 aromatic carbocycles. The molecule has 28 heavy (non-hydrogen) atoms. The summed E-state index contributed by atoms with van der Waals surface area (Å²) in [7, 11) is 1.63. The summed E-state index contributed by atoms with van der Waals surface area (Å²) >= 11 is 6.08.